The van der Waals surface area contributed by atoms with Crippen LogP contribution in [0.15, 0.2) is 0 Å². The SMILES string of the molecule is O=C(O)CCC1CCC(=O)N(C2CCC2)C1. The number of carbonyl (C=O) groups excluding carboxylic acids is 1. The first-order chi connectivity index (χ1) is 7.66. The van der Waals surface area contributed by atoms with Crippen LogP contribution in [0.3, 0.4) is 0 Å². The summed E-state index contributed by atoms with van der Waals surface area (Å²) in [6.07, 6.45) is 5.93. The van der Waals surface area contributed by atoms with Crippen molar-refractivity contribution in [2.45, 2.75) is 51.0 Å². The zero-order valence-electron chi connectivity index (χ0n) is 9.52. The Hall–Kier alpha value is -1.06. The molecule has 16 heavy (non-hydrogen) atoms. The van der Waals surface area contributed by atoms with Crippen LogP contribution in [0.1, 0.15) is 44.9 Å². The molecule has 2 fully saturated rings. The third-order valence-corrected chi connectivity index (χ3v) is 3.82. The fourth-order valence-corrected chi connectivity index (χ4v) is 2.56. The lowest BCUT2D eigenvalue weighted by Crippen LogP contribution is -2.49. The first-order valence-electron chi connectivity index (χ1n) is 6.18. The van der Waals surface area contributed by atoms with Crippen molar-refractivity contribution in [3.63, 3.8) is 0 Å². The Morgan fingerprint density at radius 2 is 2.12 bits per heavy atom. The van der Waals surface area contributed by atoms with Crippen LogP contribution in [0.2, 0.25) is 0 Å². The molecule has 4 nitrogen and oxygen atoms in total. The topological polar surface area (TPSA) is 57.6 Å². The van der Waals surface area contributed by atoms with E-state index in [1.165, 1.54) is 6.42 Å². The molecule has 1 atom stereocenters. The number of hydrogen-bond donors (Lipinski definition) is 1. The summed E-state index contributed by atoms with van der Waals surface area (Å²) in [7, 11) is 0. The van der Waals surface area contributed by atoms with Crippen molar-refractivity contribution in [2.75, 3.05) is 6.54 Å². The normalized spacial score (nSPS) is 26.6. The highest BCUT2D eigenvalue weighted by atomic mass is 16.4. The third kappa shape index (κ3) is 2.54. The molecule has 1 aliphatic heterocycles. The number of aliphatic carboxylic acids is 1. The molecule has 1 N–H and O–H groups in total. The number of amides is 1. The van der Waals surface area contributed by atoms with Crippen molar-refractivity contribution < 1.29 is 14.7 Å². The quantitative estimate of drug-likeness (QED) is 0.791. The van der Waals surface area contributed by atoms with Crippen molar-refractivity contribution in [1.82, 2.24) is 4.90 Å². The lowest BCUT2D eigenvalue weighted by Gasteiger charge is -2.42. The maximum Gasteiger partial charge on any atom is 0.303 e. The second-order valence-corrected chi connectivity index (χ2v) is 4.97. The second-order valence-electron chi connectivity index (χ2n) is 4.97. The van der Waals surface area contributed by atoms with Crippen molar-refractivity contribution in [1.29, 1.82) is 0 Å². The molecule has 4 heteroatoms. The van der Waals surface area contributed by atoms with Crippen LogP contribution in [0.4, 0.5) is 0 Å². The minimum absolute atomic E-state index is 0.233. The maximum absolute atomic E-state index is 11.7. The fraction of sp³-hybridized carbons (Fsp3) is 0.833. The van der Waals surface area contributed by atoms with Gasteiger partial charge in [-0.25, -0.2) is 0 Å². The Labute approximate surface area is 95.6 Å². The molecule has 0 spiro atoms. The second kappa shape index (κ2) is 4.85. The Morgan fingerprint density at radius 1 is 1.38 bits per heavy atom. The number of carboxylic acid groups (broad SMARTS) is 1. The maximum atomic E-state index is 11.7. The van der Waals surface area contributed by atoms with Gasteiger partial charge in [0.2, 0.25) is 5.91 Å². The molecule has 2 rings (SSSR count). The predicted molar refractivity (Wildman–Crippen MR) is 58.9 cm³/mol. The van der Waals surface area contributed by atoms with Gasteiger partial charge in [-0.1, -0.05) is 0 Å². The fourth-order valence-electron chi connectivity index (χ4n) is 2.56. The summed E-state index contributed by atoms with van der Waals surface area (Å²) in [6, 6.07) is 0.458. The van der Waals surface area contributed by atoms with Crippen LogP contribution in [-0.4, -0.2) is 34.5 Å². The van der Waals surface area contributed by atoms with E-state index >= 15 is 0 Å². The Kier molecular flexibility index (Phi) is 3.46. The minimum Gasteiger partial charge on any atom is -0.481 e. The van der Waals surface area contributed by atoms with Crippen molar-refractivity contribution in [3.8, 4) is 0 Å². The van der Waals surface area contributed by atoms with E-state index in [9.17, 15) is 9.59 Å². The summed E-state index contributed by atoms with van der Waals surface area (Å²) in [4.78, 5) is 24.2. The van der Waals surface area contributed by atoms with E-state index in [0.717, 1.165) is 25.8 Å². The van der Waals surface area contributed by atoms with Gasteiger partial charge in [0.05, 0.1) is 0 Å². The molecule has 0 aromatic rings. The molecule has 2 aliphatic rings. The van der Waals surface area contributed by atoms with Crippen molar-refractivity contribution >= 4 is 11.9 Å². The minimum atomic E-state index is -0.730. The van der Waals surface area contributed by atoms with E-state index in [2.05, 4.69) is 0 Å². The van der Waals surface area contributed by atoms with Crippen LogP contribution in [0.25, 0.3) is 0 Å². The zero-order valence-corrected chi connectivity index (χ0v) is 9.52. The van der Waals surface area contributed by atoms with Gasteiger partial charge in [-0.2, -0.15) is 0 Å². The molecule has 1 aliphatic carbocycles. The van der Waals surface area contributed by atoms with Gasteiger partial charge in [0.25, 0.3) is 0 Å². The number of nitrogens with zero attached hydrogens (tertiary/aromatic N) is 1. The molecule has 0 aromatic carbocycles. The van der Waals surface area contributed by atoms with Crippen LogP contribution in [0, 0.1) is 5.92 Å². The molecular weight excluding hydrogens is 206 g/mol. The van der Waals surface area contributed by atoms with Crippen molar-refractivity contribution in [3.05, 3.63) is 0 Å². The van der Waals surface area contributed by atoms with Crippen LogP contribution in [-0.2, 0) is 9.59 Å². The first kappa shape index (κ1) is 11.4. The summed E-state index contributed by atoms with van der Waals surface area (Å²) < 4.78 is 0. The van der Waals surface area contributed by atoms with E-state index in [0.29, 0.717) is 24.8 Å². The third-order valence-electron chi connectivity index (χ3n) is 3.82. The van der Waals surface area contributed by atoms with E-state index < -0.39 is 5.97 Å². The lowest BCUT2D eigenvalue weighted by molar-refractivity contribution is -0.140. The number of hydrogen-bond acceptors (Lipinski definition) is 2. The Bertz CT molecular complexity index is 286. The largest absolute Gasteiger partial charge is 0.481 e. The van der Waals surface area contributed by atoms with Crippen molar-refractivity contribution in [2.24, 2.45) is 5.92 Å². The molecule has 1 saturated heterocycles. The van der Waals surface area contributed by atoms with Gasteiger partial charge >= 0.3 is 5.97 Å². The average molecular weight is 225 g/mol. The summed E-state index contributed by atoms with van der Waals surface area (Å²) in [5.74, 6) is -0.0576. The smallest absolute Gasteiger partial charge is 0.303 e. The Balaban J connectivity index is 1.83. The number of likely N-dealkylation sites (tertiary alicyclic amines) is 1. The average Bonchev–Trinajstić information content (AvgIpc) is 2.16. The lowest BCUT2D eigenvalue weighted by atomic mass is 9.86. The van der Waals surface area contributed by atoms with Gasteiger partial charge in [0.15, 0.2) is 0 Å². The highest BCUT2D eigenvalue weighted by Crippen LogP contribution is 2.31. The van der Waals surface area contributed by atoms with Gasteiger partial charge in [-0.3, -0.25) is 9.59 Å². The highest BCUT2D eigenvalue weighted by Gasteiger charge is 2.33. The molecule has 0 aromatic heterocycles. The Morgan fingerprint density at radius 3 is 2.69 bits per heavy atom. The molecule has 0 bridgehead atoms. The highest BCUT2D eigenvalue weighted by molar-refractivity contribution is 5.77. The molecule has 90 valence electrons. The predicted octanol–water partition coefficient (Wildman–Crippen LogP) is 1.64. The first-order valence-corrected chi connectivity index (χ1v) is 6.18. The number of rotatable bonds is 4. The number of carboxylic acids is 1. The van der Waals surface area contributed by atoms with E-state index in [-0.39, 0.29) is 12.3 Å². The van der Waals surface area contributed by atoms with Crippen LogP contribution in [0.5, 0.6) is 0 Å². The summed E-state index contributed by atoms with van der Waals surface area (Å²) in [5, 5.41) is 8.65. The van der Waals surface area contributed by atoms with E-state index in [1.54, 1.807) is 0 Å². The monoisotopic (exact) mass is 225 g/mol. The molecule has 1 heterocycles. The summed E-state index contributed by atoms with van der Waals surface area (Å²) in [5.41, 5.74) is 0. The van der Waals surface area contributed by atoms with Gasteiger partial charge in [0.1, 0.15) is 0 Å². The van der Waals surface area contributed by atoms with Crippen LogP contribution < -0.4 is 0 Å². The molecular formula is C12H19NO3. The summed E-state index contributed by atoms with van der Waals surface area (Å²) >= 11 is 0. The van der Waals surface area contributed by atoms with E-state index in [1.807, 2.05) is 4.90 Å². The van der Waals surface area contributed by atoms with Crippen LogP contribution >= 0.6 is 0 Å². The molecule has 1 amide bonds. The molecule has 1 unspecified atom stereocenters. The molecule has 0 radical (unpaired) electrons. The van der Waals surface area contributed by atoms with E-state index in [4.69, 9.17) is 5.11 Å². The van der Waals surface area contributed by atoms with Gasteiger partial charge in [0, 0.05) is 25.4 Å². The van der Waals surface area contributed by atoms with Gasteiger partial charge in [-0.15, -0.1) is 0 Å². The molecule has 1 saturated carbocycles. The zero-order chi connectivity index (χ0) is 11.5. The summed E-state index contributed by atoms with van der Waals surface area (Å²) in [6.45, 7) is 0.788. The standard InChI is InChI=1S/C12H19NO3/c14-11-6-4-9(5-7-12(15)16)8-13(11)10-2-1-3-10/h9-10H,1-8H2,(H,15,16). The van der Waals surface area contributed by atoms with Gasteiger partial charge in [-0.05, 0) is 38.0 Å². The number of piperidine rings is 1. The number of carbonyl (C=O) groups is 2. The van der Waals surface area contributed by atoms with Gasteiger partial charge < -0.3 is 10.0 Å².